The fraction of sp³-hybridized carbons (Fsp3) is 0.571. The third-order valence-electron chi connectivity index (χ3n) is 2.96. The lowest BCUT2D eigenvalue weighted by Gasteiger charge is -2.17. The molecule has 0 heterocycles. The van der Waals surface area contributed by atoms with Gasteiger partial charge in [0.2, 0.25) is 0 Å². The molecule has 0 bridgehead atoms. The predicted molar refractivity (Wildman–Crippen MR) is 69.0 cm³/mol. The van der Waals surface area contributed by atoms with Crippen molar-refractivity contribution in [2.24, 2.45) is 0 Å². The van der Waals surface area contributed by atoms with E-state index < -0.39 is 0 Å². The van der Waals surface area contributed by atoms with Gasteiger partial charge in [0, 0.05) is 18.1 Å². The zero-order valence-corrected chi connectivity index (χ0v) is 11.1. The maximum Gasteiger partial charge on any atom is 0.122 e. The van der Waals surface area contributed by atoms with Gasteiger partial charge in [-0.3, -0.25) is 0 Å². The highest BCUT2D eigenvalue weighted by atomic mass is 16.5. The first kappa shape index (κ1) is 13.8. The van der Waals surface area contributed by atoms with E-state index in [1.807, 2.05) is 19.1 Å². The number of ether oxygens (including phenoxy) is 2. The summed E-state index contributed by atoms with van der Waals surface area (Å²) < 4.78 is 10.8. The van der Waals surface area contributed by atoms with E-state index in [1.54, 1.807) is 14.2 Å². The molecule has 1 aromatic rings. The van der Waals surface area contributed by atoms with Crippen molar-refractivity contribution in [2.75, 3.05) is 20.8 Å². The summed E-state index contributed by atoms with van der Waals surface area (Å²) in [4.78, 5) is 0. The lowest BCUT2D eigenvalue weighted by Crippen LogP contribution is -2.04. The Balaban J connectivity index is 3.22. The topological polar surface area (TPSA) is 38.7 Å². The van der Waals surface area contributed by atoms with Crippen LogP contribution in [0.4, 0.5) is 0 Å². The zero-order valence-electron chi connectivity index (χ0n) is 11.1. The molecule has 0 fully saturated rings. The molecule has 96 valence electrons. The number of aliphatic hydroxyl groups excluding tert-OH is 1. The minimum Gasteiger partial charge on any atom is -0.496 e. The van der Waals surface area contributed by atoms with Crippen LogP contribution in [0.15, 0.2) is 12.1 Å². The van der Waals surface area contributed by atoms with Crippen LogP contribution in [0.25, 0.3) is 0 Å². The molecule has 0 aliphatic rings. The van der Waals surface area contributed by atoms with E-state index in [2.05, 4.69) is 6.92 Å². The summed E-state index contributed by atoms with van der Waals surface area (Å²) in [6.45, 7) is 4.21. The highest BCUT2D eigenvalue weighted by Gasteiger charge is 2.15. The molecule has 0 amide bonds. The number of methoxy groups -OCH3 is 2. The number of hydrogen-bond donors (Lipinski definition) is 1. The second-order valence-electron chi connectivity index (χ2n) is 4.24. The minimum atomic E-state index is 0.0505. The highest BCUT2D eigenvalue weighted by molar-refractivity contribution is 5.48. The first-order valence-electron chi connectivity index (χ1n) is 6.03. The van der Waals surface area contributed by atoms with Gasteiger partial charge in [-0.25, -0.2) is 0 Å². The van der Waals surface area contributed by atoms with Crippen LogP contribution in [0.2, 0.25) is 0 Å². The second kappa shape index (κ2) is 6.50. The number of rotatable bonds is 6. The third-order valence-corrected chi connectivity index (χ3v) is 2.96. The van der Waals surface area contributed by atoms with E-state index in [4.69, 9.17) is 9.47 Å². The van der Waals surface area contributed by atoms with Gasteiger partial charge in [-0.1, -0.05) is 20.3 Å². The molecule has 3 nitrogen and oxygen atoms in total. The number of aryl methyl sites for hydroxylation is 1. The lowest BCUT2D eigenvalue weighted by molar-refractivity contribution is 0.269. The van der Waals surface area contributed by atoms with Crippen LogP contribution in [-0.2, 0) is 6.42 Å². The maximum absolute atomic E-state index is 9.25. The zero-order chi connectivity index (χ0) is 12.8. The van der Waals surface area contributed by atoms with Gasteiger partial charge in [-0.2, -0.15) is 0 Å². The predicted octanol–water partition coefficient (Wildman–Crippen LogP) is 2.75. The minimum absolute atomic E-state index is 0.0505. The van der Waals surface area contributed by atoms with Gasteiger partial charge in [0.15, 0.2) is 0 Å². The molecule has 1 atom stereocenters. The van der Waals surface area contributed by atoms with E-state index in [-0.39, 0.29) is 12.5 Å². The summed E-state index contributed by atoms with van der Waals surface area (Å²) in [5.41, 5.74) is 2.15. The van der Waals surface area contributed by atoms with Crippen molar-refractivity contribution in [3.05, 3.63) is 23.3 Å². The van der Waals surface area contributed by atoms with E-state index in [1.165, 1.54) is 0 Å². The molecule has 0 aliphatic carbocycles. The highest BCUT2D eigenvalue weighted by Crippen LogP contribution is 2.34. The molecular formula is C14H22O3. The first-order chi connectivity index (χ1) is 8.17. The van der Waals surface area contributed by atoms with Crippen molar-refractivity contribution in [3.8, 4) is 11.5 Å². The molecule has 1 N–H and O–H groups in total. The summed E-state index contributed by atoms with van der Waals surface area (Å²) in [5, 5.41) is 9.25. The van der Waals surface area contributed by atoms with Crippen molar-refractivity contribution in [2.45, 2.75) is 32.6 Å². The Labute approximate surface area is 103 Å². The molecule has 0 spiro atoms. The Kier molecular flexibility index (Phi) is 5.29. The molecule has 1 rings (SSSR count). The van der Waals surface area contributed by atoms with Gasteiger partial charge in [0.05, 0.1) is 14.2 Å². The molecule has 0 saturated carbocycles. The summed E-state index contributed by atoms with van der Waals surface area (Å²) >= 11 is 0. The van der Waals surface area contributed by atoms with Crippen molar-refractivity contribution in [3.63, 3.8) is 0 Å². The first-order valence-corrected chi connectivity index (χ1v) is 6.03. The molecular weight excluding hydrogens is 216 g/mol. The van der Waals surface area contributed by atoms with Crippen molar-refractivity contribution < 1.29 is 14.6 Å². The average molecular weight is 238 g/mol. The van der Waals surface area contributed by atoms with Crippen LogP contribution < -0.4 is 9.47 Å². The fourth-order valence-corrected chi connectivity index (χ4v) is 1.93. The Morgan fingerprint density at radius 1 is 1.18 bits per heavy atom. The molecule has 17 heavy (non-hydrogen) atoms. The van der Waals surface area contributed by atoms with Gasteiger partial charge in [0.1, 0.15) is 11.5 Å². The molecule has 1 aromatic carbocycles. The van der Waals surface area contributed by atoms with Gasteiger partial charge in [0.25, 0.3) is 0 Å². The monoisotopic (exact) mass is 238 g/mol. The Hall–Kier alpha value is -1.22. The Morgan fingerprint density at radius 3 is 2.29 bits per heavy atom. The molecule has 0 saturated heterocycles. The molecule has 3 heteroatoms. The molecule has 0 aromatic heterocycles. The van der Waals surface area contributed by atoms with E-state index in [0.717, 1.165) is 35.5 Å². The summed E-state index contributed by atoms with van der Waals surface area (Å²) in [5.74, 6) is 1.76. The van der Waals surface area contributed by atoms with E-state index >= 15 is 0 Å². The number of aliphatic hydroxyl groups is 1. The van der Waals surface area contributed by atoms with Crippen LogP contribution in [0.1, 0.15) is 37.3 Å². The van der Waals surface area contributed by atoms with Crippen molar-refractivity contribution in [1.29, 1.82) is 0 Å². The molecule has 1 unspecified atom stereocenters. The van der Waals surface area contributed by atoms with Gasteiger partial charge in [-0.05, 0) is 24.1 Å². The van der Waals surface area contributed by atoms with Gasteiger partial charge >= 0.3 is 0 Å². The normalized spacial score (nSPS) is 12.3. The Bertz CT molecular complexity index is 361. The quantitative estimate of drug-likeness (QED) is 0.828. The molecule has 0 aliphatic heterocycles. The summed E-state index contributed by atoms with van der Waals surface area (Å²) in [6.07, 6.45) is 2.03. The maximum atomic E-state index is 9.25. The molecule has 0 radical (unpaired) electrons. The fourth-order valence-electron chi connectivity index (χ4n) is 1.93. The Morgan fingerprint density at radius 2 is 1.82 bits per heavy atom. The standard InChI is InChI=1S/C14H22O3/c1-5-6-11-7-14(17-4)12(10(2)9-15)8-13(11)16-3/h7-8,10,15H,5-6,9H2,1-4H3. The second-order valence-corrected chi connectivity index (χ2v) is 4.24. The summed E-state index contributed by atoms with van der Waals surface area (Å²) in [7, 11) is 3.33. The SMILES string of the molecule is CCCc1cc(OC)c(C(C)CO)cc1OC. The summed E-state index contributed by atoms with van der Waals surface area (Å²) in [6, 6.07) is 3.99. The van der Waals surface area contributed by atoms with Crippen LogP contribution in [0.5, 0.6) is 11.5 Å². The van der Waals surface area contributed by atoms with E-state index in [9.17, 15) is 5.11 Å². The lowest BCUT2D eigenvalue weighted by atomic mass is 9.97. The van der Waals surface area contributed by atoms with Crippen LogP contribution >= 0.6 is 0 Å². The largest absolute Gasteiger partial charge is 0.496 e. The smallest absolute Gasteiger partial charge is 0.122 e. The van der Waals surface area contributed by atoms with Crippen molar-refractivity contribution >= 4 is 0 Å². The van der Waals surface area contributed by atoms with Gasteiger partial charge in [-0.15, -0.1) is 0 Å². The van der Waals surface area contributed by atoms with Crippen molar-refractivity contribution in [1.82, 2.24) is 0 Å². The van der Waals surface area contributed by atoms with Crippen LogP contribution in [0, 0.1) is 0 Å². The van der Waals surface area contributed by atoms with E-state index in [0.29, 0.717) is 0 Å². The number of benzene rings is 1. The third kappa shape index (κ3) is 3.13. The van der Waals surface area contributed by atoms with Crippen LogP contribution in [0.3, 0.4) is 0 Å². The average Bonchev–Trinajstić information content (AvgIpc) is 2.37. The van der Waals surface area contributed by atoms with Gasteiger partial charge < -0.3 is 14.6 Å². The van der Waals surface area contributed by atoms with Crippen LogP contribution in [-0.4, -0.2) is 25.9 Å². The number of hydrogen-bond acceptors (Lipinski definition) is 3.